The van der Waals surface area contributed by atoms with E-state index >= 15 is 0 Å². The molecule has 2 aromatic rings. The van der Waals surface area contributed by atoms with E-state index in [2.05, 4.69) is 100 Å². The second-order valence-electron chi connectivity index (χ2n) is 10.1. The highest BCUT2D eigenvalue weighted by atomic mass is 14.9. The molecule has 0 saturated heterocycles. The van der Waals surface area contributed by atoms with Gasteiger partial charge in [-0.15, -0.1) is 0 Å². The van der Waals surface area contributed by atoms with Gasteiger partial charge in [-0.25, -0.2) is 0 Å². The lowest BCUT2D eigenvalue weighted by Crippen LogP contribution is -2.22. The largest absolute Gasteiger partial charge is 0.384 e. The van der Waals surface area contributed by atoms with Gasteiger partial charge in [0.05, 0.1) is 0 Å². The van der Waals surface area contributed by atoms with Gasteiger partial charge < -0.3 is 10.6 Å². The first-order chi connectivity index (χ1) is 14.8. The molecule has 0 spiro atoms. The molecule has 0 amide bonds. The summed E-state index contributed by atoms with van der Waals surface area (Å²) < 4.78 is 0. The first-order valence-corrected chi connectivity index (χ1v) is 12.1. The highest BCUT2D eigenvalue weighted by Gasteiger charge is 2.18. The highest BCUT2D eigenvalue weighted by molar-refractivity contribution is 5.65. The third kappa shape index (κ3) is 4.90. The van der Waals surface area contributed by atoms with E-state index in [0.717, 1.165) is 13.1 Å². The second-order valence-corrected chi connectivity index (χ2v) is 10.1. The van der Waals surface area contributed by atoms with E-state index in [1.54, 1.807) is 0 Å². The number of nitrogens with one attached hydrogen (secondary N) is 2. The summed E-state index contributed by atoms with van der Waals surface area (Å²) in [7, 11) is 0. The van der Waals surface area contributed by atoms with Crippen LogP contribution >= 0.6 is 0 Å². The Bertz CT molecular complexity index is 887. The van der Waals surface area contributed by atoms with Crippen molar-refractivity contribution in [1.82, 2.24) is 0 Å². The molecule has 0 saturated carbocycles. The van der Waals surface area contributed by atoms with Gasteiger partial charge in [-0.2, -0.15) is 0 Å². The van der Waals surface area contributed by atoms with Crippen LogP contribution in [0.2, 0.25) is 0 Å². The predicted octanol–water partition coefficient (Wildman–Crippen LogP) is 8.12. The zero-order valence-electron chi connectivity index (χ0n) is 22.8. The van der Waals surface area contributed by atoms with Crippen LogP contribution in [-0.2, 0) is 0 Å². The number of rotatable bonds is 8. The standard InChI is InChI=1S/C30H46N2/c1-16(14-31-29-25(10)21(6)19(4)22(7)26(29)11)18(3)17(2)15-32-30-27(12)23(8)20(5)24(9)28(30)13/h16-17,31-32H,3,14-15H2,1-2,4-13H3. The minimum Gasteiger partial charge on any atom is -0.384 e. The Balaban J connectivity index is 2.07. The van der Waals surface area contributed by atoms with Crippen molar-refractivity contribution >= 4 is 11.4 Å². The van der Waals surface area contributed by atoms with Crippen molar-refractivity contribution in [2.45, 2.75) is 83.1 Å². The van der Waals surface area contributed by atoms with E-state index in [1.165, 1.54) is 72.6 Å². The van der Waals surface area contributed by atoms with Crippen LogP contribution in [0, 0.1) is 81.1 Å². The molecule has 2 heteroatoms. The Morgan fingerprint density at radius 2 is 0.719 bits per heavy atom. The van der Waals surface area contributed by atoms with Gasteiger partial charge in [0, 0.05) is 24.5 Å². The van der Waals surface area contributed by atoms with Crippen LogP contribution < -0.4 is 10.6 Å². The molecule has 2 atom stereocenters. The van der Waals surface area contributed by atoms with Gasteiger partial charge in [-0.1, -0.05) is 26.0 Å². The van der Waals surface area contributed by atoms with Gasteiger partial charge in [-0.3, -0.25) is 0 Å². The van der Waals surface area contributed by atoms with Crippen molar-refractivity contribution in [3.05, 3.63) is 67.8 Å². The molecule has 2 nitrogen and oxygen atoms in total. The molecule has 2 aromatic carbocycles. The van der Waals surface area contributed by atoms with Gasteiger partial charge in [0.15, 0.2) is 0 Å². The Labute approximate surface area is 197 Å². The van der Waals surface area contributed by atoms with Crippen LogP contribution in [0.25, 0.3) is 0 Å². The second kappa shape index (κ2) is 10.1. The smallest absolute Gasteiger partial charge is 0.0405 e. The monoisotopic (exact) mass is 434 g/mol. The molecule has 2 unspecified atom stereocenters. The fraction of sp³-hybridized carbons (Fsp3) is 0.533. The number of hydrogen-bond acceptors (Lipinski definition) is 2. The summed E-state index contributed by atoms with van der Waals surface area (Å²) in [6.45, 7) is 33.2. The molecule has 0 aromatic heterocycles. The molecule has 0 aliphatic heterocycles. The SMILES string of the molecule is C=C(C(C)CNc1c(C)c(C)c(C)c(C)c1C)C(C)CNc1c(C)c(C)c(C)c(C)c1C. The van der Waals surface area contributed by atoms with Crippen LogP contribution in [0.3, 0.4) is 0 Å². The molecular formula is C30H46N2. The number of anilines is 2. The lowest BCUT2D eigenvalue weighted by molar-refractivity contribution is 0.590. The van der Waals surface area contributed by atoms with Gasteiger partial charge in [-0.05, 0) is 137 Å². The van der Waals surface area contributed by atoms with Crippen molar-refractivity contribution in [3.8, 4) is 0 Å². The van der Waals surface area contributed by atoms with Crippen molar-refractivity contribution < 1.29 is 0 Å². The first kappa shape index (κ1) is 26.0. The lowest BCUT2D eigenvalue weighted by atomic mass is 9.89. The summed E-state index contributed by atoms with van der Waals surface area (Å²) in [4.78, 5) is 0. The average Bonchev–Trinajstić information content (AvgIpc) is 2.77. The number of hydrogen-bond donors (Lipinski definition) is 2. The zero-order chi connectivity index (χ0) is 24.5. The zero-order valence-corrected chi connectivity index (χ0v) is 22.8. The average molecular weight is 435 g/mol. The Morgan fingerprint density at radius 3 is 0.969 bits per heavy atom. The van der Waals surface area contributed by atoms with Crippen LogP contribution in [0.4, 0.5) is 11.4 Å². The first-order valence-electron chi connectivity index (χ1n) is 12.1. The van der Waals surface area contributed by atoms with Crippen LogP contribution in [-0.4, -0.2) is 13.1 Å². The molecule has 0 bridgehead atoms. The van der Waals surface area contributed by atoms with Crippen molar-refractivity contribution in [2.24, 2.45) is 11.8 Å². The molecule has 2 N–H and O–H groups in total. The maximum absolute atomic E-state index is 4.49. The van der Waals surface area contributed by atoms with E-state index in [9.17, 15) is 0 Å². The van der Waals surface area contributed by atoms with Gasteiger partial charge in [0.1, 0.15) is 0 Å². The van der Waals surface area contributed by atoms with E-state index in [1.807, 2.05) is 0 Å². The third-order valence-corrected chi connectivity index (χ3v) is 8.44. The quantitative estimate of drug-likeness (QED) is 0.410. The minimum atomic E-state index is 0.399. The fourth-order valence-electron chi connectivity index (χ4n) is 4.79. The molecule has 0 fully saturated rings. The summed E-state index contributed by atoms with van der Waals surface area (Å²) in [5.74, 6) is 0.799. The summed E-state index contributed by atoms with van der Waals surface area (Å²) >= 11 is 0. The van der Waals surface area contributed by atoms with E-state index in [4.69, 9.17) is 0 Å². The Kier molecular flexibility index (Phi) is 8.26. The van der Waals surface area contributed by atoms with E-state index in [-0.39, 0.29) is 0 Å². The molecule has 0 heterocycles. The van der Waals surface area contributed by atoms with Crippen LogP contribution in [0.1, 0.15) is 69.5 Å². The lowest BCUT2D eigenvalue weighted by Gasteiger charge is -2.26. The van der Waals surface area contributed by atoms with Gasteiger partial charge in [0.25, 0.3) is 0 Å². The maximum Gasteiger partial charge on any atom is 0.0405 e. The van der Waals surface area contributed by atoms with E-state index < -0.39 is 0 Å². The molecule has 0 radical (unpaired) electrons. The summed E-state index contributed by atoms with van der Waals surface area (Å²) in [6.07, 6.45) is 0. The molecule has 2 rings (SSSR count). The molecule has 32 heavy (non-hydrogen) atoms. The van der Waals surface area contributed by atoms with Crippen LogP contribution in [0.15, 0.2) is 12.2 Å². The molecule has 0 aliphatic rings. The fourth-order valence-corrected chi connectivity index (χ4v) is 4.79. The van der Waals surface area contributed by atoms with Crippen LogP contribution in [0.5, 0.6) is 0 Å². The van der Waals surface area contributed by atoms with E-state index in [0.29, 0.717) is 11.8 Å². The normalized spacial score (nSPS) is 13.1. The van der Waals surface area contributed by atoms with Crippen molar-refractivity contribution in [1.29, 1.82) is 0 Å². The molecular weight excluding hydrogens is 388 g/mol. The minimum absolute atomic E-state index is 0.399. The Morgan fingerprint density at radius 1 is 0.500 bits per heavy atom. The van der Waals surface area contributed by atoms with Gasteiger partial charge >= 0.3 is 0 Å². The maximum atomic E-state index is 4.49. The molecule has 176 valence electrons. The Hall–Kier alpha value is -2.22. The number of benzene rings is 2. The van der Waals surface area contributed by atoms with Crippen molar-refractivity contribution in [2.75, 3.05) is 23.7 Å². The topological polar surface area (TPSA) is 24.1 Å². The summed E-state index contributed by atoms with van der Waals surface area (Å²) in [5.41, 5.74) is 17.8. The van der Waals surface area contributed by atoms with Crippen molar-refractivity contribution in [3.63, 3.8) is 0 Å². The predicted molar refractivity (Wildman–Crippen MR) is 145 cm³/mol. The highest BCUT2D eigenvalue weighted by Crippen LogP contribution is 2.32. The third-order valence-electron chi connectivity index (χ3n) is 8.44. The van der Waals surface area contributed by atoms with Gasteiger partial charge in [0.2, 0.25) is 0 Å². The summed E-state index contributed by atoms with van der Waals surface area (Å²) in [6, 6.07) is 0. The summed E-state index contributed by atoms with van der Waals surface area (Å²) in [5, 5.41) is 7.52. The molecule has 0 aliphatic carbocycles.